The molecule has 1 atom stereocenters. The summed E-state index contributed by atoms with van der Waals surface area (Å²) in [5.74, 6) is -1.91. The molecule has 0 bridgehead atoms. The van der Waals surface area contributed by atoms with Crippen molar-refractivity contribution in [2.24, 2.45) is 5.92 Å². The number of fused-ring (bicyclic) bond motifs is 5. The van der Waals surface area contributed by atoms with Crippen LogP contribution in [0, 0.1) is 5.92 Å². The first-order chi connectivity index (χ1) is 18.6. The number of carbonyl (C=O) groups excluding carboxylic acids is 3. The molecule has 2 aliphatic heterocycles. The number of hydrogen-bond donors (Lipinski definition) is 1. The van der Waals surface area contributed by atoms with Crippen molar-refractivity contribution in [1.82, 2.24) is 9.55 Å². The van der Waals surface area contributed by atoms with Gasteiger partial charge in [0, 0.05) is 22.4 Å². The maximum absolute atomic E-state index is 13.7. The van der Waals surface area contributed by atoms with Crippen LogP contribution in [0.4, 0.5) is 0 Å². The van der Waals surface area contributed by atoms with Crippen molar-refractivity contribution in [2.45, 2.75) is 59.3 Å². The van der Waals surface area contributed by atoms with E-state index in [1.54, 1.807) is 49.6 Å². The first kappa shape index (κ1) is 26.6. The summed E-state index contributed by atoms with van der Waals surface area (Å²) in [6, 6.07) is 6.65. The van der Waals surface area contributed by atoms with Gasteiger partial charge in [0.1, 0.15) is 25.6 Å². The highest BCUT2D eigenvalue weighted by Gasteiger charge is 2.50. The molecule has 10 nitrogen and oxygen atoms in total. The molecule has 39 heavy (non-hydrogen) atoms. The minimum atomic E-state index is -1.84. The number of pyridine rings is 2. The number of aromatic hydroxyl groups is 1. The number of ether oxygens (including phenoxy) is 3. The van der Waals surface area contributed by atoms with E-state index in [4.69, 9.17) is 19.2 Å². The Balaban J connectivity index is 1.58. The molecule has 2 aromatic heterocycles. The van der Waals surface area contributed by atoms with Gasteiger partial charge in [-0.25, -0.2) is 14.6 Å². The van der Waals surface area contributed by atoms with Crippen LogP contribution in [0.5, 0.6) is 5.75 Å². The third-order valence-electron chi connectivity index (χ3n) is 7.51. The predicted octanol–water partition coefficient (Wildman–Crippen LogP) is 3.14. The van der Waals surface area contributed by atoms with E-state index in [9.17, 15) is 24.3 Å². The number of phenolic OH excluding ortho intramolecular Hbond substituents is 1. The van der Waals surface area contributed by atoms with E-state index < -0.39 is 24.1 Å². The first-order valence-electron chi connectivity index (χ1n) is 13.0. The van der Waals surface area contributed by atoms with Gasteiger partial charge in [0.05, 0.1) is 29.0 Å². The summed E-state index contributed by atoms with van der Waals surface area (Å²) in [6.45, 7) is 6.37. The fraction of sp³-hybridized carbons (Fsp3) is 0.414. The molecule has 5 rings (SSSR count). The number of aromatic nitrogens is 2. The van der Waals surface area contributed by atoms with Crippen LogP contribution >= 0.6 is 0 Å². The zero-order valence-corrected chi connectivity index (χ0v) is 22.3. The number of nitrogens with zero attached hydrogens (tertiary/aromatic N) is 2. The van der Waals surface area contributed by atoms with Gasteiger partial charge in [0.2, 0.25) is 5.60 Å². The molecule has 0 radical (unpaired) electrons. The molecule has 0 saturated heterocycles. The third kappa shape index (κ3) is 4.28. The molecule has 0 spiro atoms. The second kappa shape index (κ2) is 9.92. The second-order valence-corrected chi connectivity index (χ2v) is 10.1. The summed E-state index contributed by atoms with van der Waals surface area (Å²) in [5.41, 5.74) is 1.93. The topological polar surface area (TPSA) is 134 Å². The van der Waals surface area contributed by atoms with Crippen LogP contribution in [0.2, 0.25) is 0 Å². The van der Waals surface area contributed by atoms with Crippen molar-refractivity contribution in [2.75, 3.05) is 13.2 Å². The third-order valence-corrected chi connectivity index (χ3v) is 7.51. The molecule has 3 aromatic rings. The Morgan fingerprint density at radius 2 is 1.92 bits per heavy atom. The lowest BCUT2D eigenvalue weighted by molar-refractivity contribution is -0.192. The van der Waals surface area contributed by atoms with Gasteiger partial charge in [-0.3, -0.25) is 9.59 Å². The van der Waals surface area contributed by atoms with E-state index >= 15 is 0 Å². The summed E-state index contributed by atoms with van der Waals surface area (Å²) in [5, 5.41) is 10.9. The van der Waals surface area contributed by atoms with E-state index in [0.29, 0.717) is 23.3 Å². The van der Waals surface area contributed by atoms with Crippen LogP contribution in [0.3, 0.4) is 0 Å². The average Bonchev–Trinajstić information content (AvgIpc) is 3.27. The van der Waals surface area contributed by atoms with Crippen molar-refractivity contribution in [1.29, 1.82) is 0 Å². The minimum absolute atomic E-state index is 0.0237. The summed E-state index contributed by atoms with van der Waals surface area (Å²) >= 11 is 0. The van der Waals surface area contributed by atoms with Gasteiger partial charge in [0.15, 0.2) is 5.78 Å². The molecule has 1 aromatic carbocycles. The van der Waals surface area contributed by atoms with Gasteiger partial charge in [-0.05, 0) is 42.7 Å². The Bertz CT molecular complexity index is 1590. The fourth-order valence-corrected chi connectivity index (χ4v) is 5.34. The van der Waals surface area contributed by atoms with E-state index in [0.717, 1.165) is 16.5 Å². The Labute approximate surface area is 224 Å². The van der Waals surface area contributed by atoms with Gasteiger partial charge in [-0.15, -0.1) is 0 Å². The van der Waals surface area contributed by atoms with Crippen molar-refractivity contribution in [3.05, 3.63) is 56.9 Å². The largest absolute Gasteiger partial charge is 0.508 e. The van der Waals surface area contributed by atoms with Crippen LogP contribution in [0.1, 0.15) is 56.4 Å². The monoisotopic (exact) mass is 534 g/mol. The molecule has 0 amide bonds. The highest BCUT2D eigenvalue weighted by atomic mass is 16.6. The van der Waals surface area contributed by atoms with Gasteiger partial charge in [-0.1, -0.05) is 27.7 Å². The van der Waals surface area contributed by atoms with Gasteiger partial charge in [-0.2, -0.15) is 0 Å². The number of aryl methyl sites for hydroxylation is 1. The van der Waals surface area contributed by atoms with Crippen LogP contribution < -0.4 is 5.56 Å². The van der Waals surface area contributed by atoms with Crippen molar-refractivity contribution < 1.29 is 33.7 Å². The quantitative estimate of drug-likeness (QED) is 0.338. The van der Waals surface area contributed by atoms with E-state index in [-0.39, 0.29) is 60.3 Å². The molecule has 4 heterocycles. The van der Waals surface area contributed by atoms with Gasteiger partial charge in [0.25, 0.3) is 5.56 Å². The maximum Gasteiger partial charge on any atom is 0.355 e. The van der Waals surface area contributed by atoms with Crippen molar-refractivity contribution >= 4 is 28.6 Å². The lowest BCUT2D eigenvalue weighted by Gasteiger charge is -2.35. The number of hydrogen-bond acceptors (Lipinski definition) is 9. The van der Waals surface area contributed by atoms with Crippen LogP contribution in [-0.4, -0.2) is 45.6 Å². The smallest absolute Gasteiger partial charge is 0.355 e. The number of esters is 2. The van der Waals surface area contributed by atoms with Gasteiger partial charge >= 0.3 is 11.9 Å². The molecule has 0 unspecified atom stereocenters. The maximum atomic E-state index is 13.7. The highest BCUT2D eigenvalue weighted by Crippen LogP contribution is 2.42. The summed E-state index contributed by atoms with van der Waals surface area (Å²) in [6.07, 6.45) is 0.681. The van der Waals surface area contributed by atoms with Crippen molar-refractivity contribution in [3.8, 4) is 17.1 Å². The molecule has 0 aliphatic carbocycles. The normalized spacial score (nSPS) is 17.5. The zero-order chi connectivity index (χ0) is 28.1. The highest BCUT2D eigenvalue weighted by molar-refractivity contribution is 5.90. The number of carbonyl (C=O) groups is 3. The molecule has 10 heteroatoms. The van der Waals surface area contributed by atoms with Crippen LogP contribution in [0.25, 0.3) is 22.3 Å². The summed E-state index contributed by atoms with van der Waals surface area (Å²) in [7, 11) is 0. The van der Waals surface area contributed by atoms with Crippen molar-refractivity contribution in [3.63, 3.8) is 0 Å². The Morgan fingerprint density at radius 1 is 1.15 bits per heavy atom. The number of rotatable bonds is 8. The Hall–Kier alpha value is -4.05. The van der Waals surface area contributed by atoms with E-state index in [2.05, 4.69) is 0 Å². The average molecular weight is 535 g/mol. The zero-order valence-electron chi connectivity index (χ0n) is 22.3. The number of Topliss-reactive ketones (excluding diaryl/α,β-unsaturated/α-hetero) is 1. The fourth-order valence-electron chi connectivity index (χ4n) is 5.34. The predicted molar refractivity (Wildman–Crippen MR) is 140 cm³/mol. The number of phenols is 1. The lowest BCUT2D eigenvalue weighted by Crippen LogP contribution is -2.48. The van der Waals surface area contributed by atoms with Gasteiger partial charge < -0.3 is 23.9 Å². The molecule has 2 aliphatic rings. The van der Waals surface area contributed by atoms with E-state index in [1.165, 1.54) is 0 Å². The molecule has 204 valence electrons. The number of benzene rings is 1. The SMILES string of the molecule is CCc1c2c(nc3ccc(O)cc13)-c1cc3c(c(=O)n1C2)COC(=O)[C@@]3(CC)OC(=O)COCC(=O)C(C)C. The Kier molecular flexibility index (Phi) is 6.76. The standard InChI is InChI=1S/C29H30N2O8/c1-5-17-18-9-16(32)7-8-22(18)30-26-19(17)11-31-23(26)10-21-20(27(31)35)12-38-28(36)29(21,6-2)39-25(34)14-37-13-24(33)15(3)4/h7-10,15,32H,5-6,11-14H2,1-4H3/t29-/m0/s1. The molecular formula is C29H30N2O8. The lowest BCUT2D eigenvalue weighted by atomic mass is 9.85. The molecule has 0 fully saturated rings. The van der Waals surface area contributed by atoms with Crippen LogP contribution in [0.15, 0.2) is 29.1 Å². The first-order valence-corrected chi connectivity index (χ1v) is 13.0. The van der Waals surface area contributed by atoms with Crippen LogP contribution in [-0.2, 0) is 53.8 Å². The summed E-state index contributed by atoms with van der Waals surface area (Å²) in [4.78, 5) is 56.3. The summed E-state index contributed by atoms with van der Waals surface area (Å²) < 4.78 is 17.9. The number of cyclic esters (lactones) is 1. The molecule has 1 N–H and O–H groups in total. The minimum Gasteiger partial charge on any atom is -0.508 e. The Morgan fingerprint density at radius 3 is 2.62 bits per heavy atom. The second-order valence-electron chi connectivity index (χ2n) is 10.1. The van der Waals surface area contributed by atoms with E-state index in [1.807, 2.05) is 6.92 Å². The molecule has 0 saturated carbocycles. The molecular weight excluding hydrogens is 504 g/mol. The number of ketones is 1.